The first-order chi connectivity index (χ1) is 16.8. The highest BCUT2D eigenvalue weighted by Gasteiger charge is 2.38. The van der Waals surface area contributed by atoms with Crippen LogP contribution in [0.5, 0.6) is 0 Å². The van der Waals surface area contributed by atoms with Gasteiger partial charge in [0.05, 0.1) is 31.4 Å². The maximum absolute atomic E-state index is 12.8. The van der Waals surface area contributed by atoms with E-state index in [-0.39, 0.29) is 30.4 Å². The third kappa shape index (κ3) is 7.04. The second-order valence-corrected chi connectivity index (χ2v) is 10.3. The van der Waals surface area contributed by atoms with E-state index < -0.39 is 5.60 Å². The Morgan fingerprint density at radius 1 is 1.17 bits per heavy atom. The van der Waals surface area contributed by atoms with Gasteiger partial charge in [-0.1, -0.05) is 61.0 Å². The molecule has 2 aliphatic heterocycles. The lowest BCUT2D eigenvalue weighted by Crippen LogP contribution is -2.60. The molecule has 1 unspecified atom stereocenters. The Hall–Kier alpha value is -2.45. The van der Waals surface area contributed by atoms with Gasteiger partial charge in [0.15, 0.2) is 0 Å². The number of aliphatic hydroxyl groups is 1. The molecule has 0 bridgehead atoms. The van der Waals surface area contributed by atoms with Crippen LogP contribution in [0.3, 0.4) is 0 Å². The second kappa shape index (κ2) is 11.5. The van der Waals surface area contributed by atoms with Crippen molar-refractivity contribution in [2.75, 3.05) is 26.3 Å². The van der Waals surface area contributed by atoms with Crippen LogP contribution in [-0.2, 0) is 16.1 Å². The van der Waals surface area contributed by atoms with Gasteiger partial charge in [-0.05, 0) is 42.0 Å². The zero-order chi connectivity index (χ0) is 24.8. The average Bonchev–Trinajstić information content (AvgIpc) is 2.86. The minimum Gasteiger partial charge on any atom is -0.388 e. The van der Waals surface area contributed by atoms with Gasteiger partial charge in [0.2, 0.25) is 11.8 Å². The molecule has 3 N–H and O–H groups in total. The summed E-state index contributed by atoms with van der Waals surface area (Å²) in [6.07, 6.45) is 1.61. The molecular formula is C27H35ClN4O3. The number of β-amino-alcohol motifs (C(OH)–C–C–N with tert-alkyl or cyclic N) is 1. The highest BCUT2D eigenvalue weighted by molar-refractivity contribution is 6.30. The molecule has 0 spiro atoms. The molecule has 2 fully saturated rings. The maximum Gasteiger partial charge on any atom is 0.226 e. The summed E-state index contributed by atoms with van der Waals surface area (Å²) < 4.78 is 0. The summed E-state index contributed by atoms with van der Waals surface area (Å²) in [5.74, 6) is 0.289. The molecule has 2 amide bonds. The molecule has 0 aliphatic carbocycles. The van der Waals surface area contributed by atoms with Gasteiger partial charge in [0.1, 0.15) is 0 Å². The monoisotopic (exact) mass is 498 g/mol. The molecule has 2 saturated heterocycles. The molecule has 2 atom stereocenters. The lowest BCUT2D eigenvalue weighted by Gasteiger charge is -2.43. The molecule has 0 saturated carbocycles. The molecule has 7 nitrogen and oxygen atoms in total. The number of rotatable bonds is 8. The largest absolute Gasteiger partial charge is 0.388 e. The van der Waals surface area contributed by atoms with Crippen LogP contribution in [0.15, 0.2) is 54.6 Å². The summed E-state index contributed by atoms with van der Waals surface area (Å²) in [4.78, 5) is 29.1. The van der Waals surface area contributed by atoms with Crippen molar-refractivity contribution in [2.45, 2.75) is 56.8 Å². The first-order valence-electron chi connectivity index (χ1n) is 12.4. The van der Waals surface area contributed by atoms with Crippen molar-refractivity contribution in [3.05, 3.63) is 70.7 Å². The van der Waals surface area contributed by atoms with Crippen molar-refractivity contribution >= 4 is 23.4 Å². The number of carbonyl (C=O) groups excluding carboxylic acids is 2. The fraction of sp³-hybridized carbons (Fsp3) is 0.481. The zero-order valence-electron chi connectivity index (χ0n) is 20.3. The zero-order valence-corrected chi connectivity index (χ0v) is 21.0. The number of carbonyl (C=O) groups is 2. The normalized spacial score (nSPS) is 21.1. The van der Waals surface area contributed by atoms with Gasteiger partial charge in [0.25, 0.3) is 0 Å². The van der Waals surface area contributed by atoms with E-state index in [0.29, 0.717) is 57.0 Å². The fourth-order valence-electron chi connectivity index (χ4n) is 4.79. The molecule has 2 aromatic rings. The molecule has 35 heavy (non-hydrogen) atoms. The van der Waals surface area contributed by atoms with Gasteiger partial charge in [-0.2, -0.15) is 0 Å². The predicted molar refractivity (Wildman–Crippen MR) is 137 cm³/mol. The summed E-state index contributed by atoms with van der Waals surface area (Å²) in [6.45, 7) is 4.40. The summed E-state index contributed by atoms with van der Waals surface area (Å²) in [7, 11) is 0. The summed E-state index contributed by atoms with van der Waals surface area (Å²) in [5, 5.41) is 18.6. The average molecular weight is 499 g/mol. The number of hydrogen-bond acceptors (Lipinski definition) is 5. The van der Waals surface area contributed by atoms with E-state index in [0.717, 1.165) is 11.1 Å². The molecule has 4 rings (SSSR count). The van der Waals surface area contributed by atoms with Crippen molar-refractivity contribution in [1.29, 1.82) is 0 Å². The Morgan fingerprint density at radius 3 is 2.51 bits per heavy atom. The molecule has 2 aromatic carbocycles. The van der Waals surface area contributed by atoms with Crippen LogP contribution in [0.4, 0.5) is 0 Å². The maximum atomic E-state index is 12.8. The Labute approximate surface area is 212 Å². The number of likely N-dealkylation sites (tertiary alicyclic amines) is 1. The Kier molecular flexibility index (Phi) is 8.44. The van der Waals surface area contributed by atoms with Gasteiger partial charge >= 0.3 is 0 Å². The van der Waals surface area contributed by atoms with Crippen LogP contribution in [-0.4, -0.2) is 64.8 Å². The van der Waals surface area contributed by atoms with Crippen molar-refractivity contribution in [3.8, 4) is 0 Å². The van der Waals surface area contributed by atoms with Crippen LogP contribution in [0, 0.1) is 0 Å². The summed E-state index contributed by atoms with van der Waals surface area (Å²) in [5.41, 5.74) is 1.29. The van der Waals surface area contributed by atoms with E-state index in [1.165, 1.54) is 0 Å². The van der Waals surface area contributed by atoms with Crippen LogP contribution in [0.2, 0.25) is 5.02 Å². The van der Waals surface area contributed by atoms with Crippen LogP contribution in [0.1, 0.15) is 49.7 Å². The molecule has 0 radical (unpaired) electrons. The van der Waals surface area contributed by atoms with Gasteiger partial charge in [0, 0.05) is 31.1 Å². The van der Waals surface area contributed by atoms with E-state index in [4.69, 9.17) is 11.6 Å². The first-order valence-corrected chi connectivity index (χ1v) is 12.7. The van der Waals surface area contributed by atoms with E-state index >= 15 is 0 Å². The first kappa shape index (κ1) is 25.6. The third-order valence-corrected chi connectivity index (χ3v) is 7.36. The highest BCUT2D eigenvalue weighted by Crippen LogP contribution is 2.27. The van der Waals surface area contributed by atoms with Crippen LogP contribution in [0.25, 0.3) is 0 Å². The standard InChI is InChI=1S/C27H35ClN4O3/c1-20(22-5-3-2-4-6-22)15-25(33)31-13-11-27(35,12-14-31)18-32-19-30-24(16-26(32)34)29-17-21-7-9-23(28)10-8-21/h2-10,20,24,29-30,35H,11-19H2,1H3/t20-,24?/m1/s1. The van der Waals surface area contributed by atoms with Crippen molar-refractivity contribution in [3.63, 3.8) is 0 Å². The minimum absolute atomic E-state index is 0.0148. The number of benzene rings is 2. The number of hydrogen-bond donors (Lipinski definition) is 3. The summed E-state index contributed by atoms with van der Waals surface area (Å²) >= 11 is 5.93. The molecule has 2 aliphatic rings. The van der Waals surface area contributed by atoms with Crippen molar-refractivity contribution in [1.82, 2.24) is 20.4 Å². The minimum atomic E-state index is -0.970. The number of nitrogens with zero attached hydrogens (tertiary/aromatic N) is 2. The quantitative estimate of drug-likeness (QED) is 0.521. The van der Waals surface area contributed by atoms with E-state index in [9.17, 15) is 14.7 Å². The Balaban J connectivity index is 1.20. The second-order valence-electron chi connectivity index (χ2n) is 9.84. The lowest BCUT2D eigenvalue weighted by molar-refractivity contribution is -0.145. The van der Waals surface area contributed by atoms with Gasteiger partial charge in [-0.15, -0.1) is 0 Å². The van der Waals surface area contributed by atoms with Crippen LogP contribution < -0.4 is 10.6 Å². The number of halogens is 1. The van der Waals surface area contributed by atoms with Gasteiger partial charge in [-0.3, -0.25) is 20.2 Å². The van der Waals surface area contributed by atoms with E-state index in [1.54, 1.807) is 4.90 Å². The van der Waals surface area contributed by atoms with Gasteiger partial charge in [-0.25, -0.2) is 0 Å². The lowest BCUT2D eigenvalue weighted by atomic mass is 9.89. The molecule has 8 heteroatoms. The Morgan fingerprint density at radius 2 is 1.86 bits per heavy atom. The predicted octanol–water partition coefficient (Wildman–Crippen LogP) is 3.08. The topological polar surface area (TPSA) is 84.9 Å². The Bertz CT molecular complexity index is 993. The number of piperidine rings is 1. The van der Waals surface area contributed by atoms with Crippen LogP contribution >= 0.6 is 11.6 Å². The molecule has 2 heterocycles. The van der Waals surface area contributed by atoms with Crippen molar-refractivity contribution in [2.24, 2.45) is 0 Å². The molecule has 188 valence electrons. The number of amides is 2. The molecular weight excluding hydrogens is 464 g/mol. The van der Waals surface area contributed by atoms with E-state index in [2.05, 4.69) is 17.6 Å². The summed E-state index contributed by atoms with van der Waals surface area (Å²) in [6, 6.07) is 17.7. The molecule has 0 aromatic heterocycles. The SMILES string of the molecule is C[C@H](CC(=O)N1CCC(O)(CN2CNC(NCc3ccc(Cl)cc3)CC2=O)CC1)c1ccccc1. The fourth-order valence-corrected chi connectivity index (χ4v) is 4.92. The van der Waals surface area contributed by atoms with Gasteiger partial charge < -0.3 is 14.9 Å². The third-order valence-electron chi connectivity index (χ3n) is 7.11. The smallest absolute Gasteiger partial charge is 0.226 e. The number of nitrogens with one attached hydrogen (secondary N) is 2. The van der Waals surface area contributed by atoms with E-state index in [1.807, 2.05) is 59.5 Å². The van der Waals surface area contributed by atoms with Crippen molar-refractivity contribution < 1.29 is 14.7 Å². The highest BCUT2D eigenvalue weighted by atomic mass is 35.5.